The smallest absolute Gasteiger partial charge is 0.174 e. The van der Waals surface area contributed by atoms with Crippen LogP contribution >= 0.6 is 23.1 Å². The van der Waals surface area contributed by atoms with Gasteiger partial charge in [0.2, 0.25) is 0 Å². The number of rotatable bonds is 7. The van der Waals surface area contributed by atoms with E-state index < -0.39 is 0 Å². The van der Waals surface area contributed by atoms with Crippen LogP contribution in [0, 0.1) is 0 Å². The van der Waals surface area contributed by atoms with Crippen molar-refractivity contribution in [2.24, 2.45) is 5.73 Å². The number of benzene rings is 1. The van der Waals surface area contributed by atoms with Gasteiger partial charge < -0.3 is 10.5 Å². The van der Waals surface area contributed by atoms with Gasteiger partial charge in [0.15, 0.2) is 4.34 Å². The van der Waals surface area contributed by atoms with Crippen LogP contribution in [-0.4, -0.2) is 29.1 Å². The van der Waals surface area contributed by atoms with E-state index in [9.17, 15) is 0 Å². The van der Waals surface area contributed by atoms with E-state index in [1.807, 2.05) is 12.1 Å². The van der Waals surface area contributed by atoms with Gasteiger partial charge in [-0.2, -0.15) is 0 Å². The van der Waals surface area contributed by atoms with Gasteiger partial charge in [-0.05, 0) is 30.7 Å². The molecule has 0 amide bonds. The average molecular weight is 281 g/mol. The molecule has 0 fully saturated rings. The van der Waals surface area contributed by atoms with Crippen LogP contribution in [-0.2, 0) is 6.42 Å². The summed E-state index contributed by atoms with van der Waals surface area (Å²) in [4.78, 5) is 0. The Bertz CT molecular complexity index is 445. The zero-order chi connectivity index (χ0) is 12.6. The molecular weight excluding hydrogens is 266 g/mol. The number of aromatic nitrogens is 2. The molecule has 0 atom stereocenters. The molecule has 0 aliphatic heterocycles. The number of hydrogen-bond donors (Lipinski definition) is 1. The van der Waals surface area contributed by atoms with E-state index in [-0.39, 0.29) is 0 Å². The summed E-state index contributed by atoms with van der Waals surface area (Å²) in [5.41, 5.74) is 8.48. The molecule has 0 unspecified atom stereocenters. The van der Waals surface area contributed by atoms with Gasteiger partial charge >= 0.3 is 0 Å². The van der Waals surface area contributed by atoms with Gasteiger partial charge in [-0.1, -0.05) is 35.2 Å². The molecule has 0 aliphatic rings. The van der Waals surface area contributed by atoms with Gasteiger partial charge in [0.1, 0.15) is 11.3 Å². The largest absolute Gasteiger partial charge is 0.493 e. The highest BCUT2D eigenvalue weighted by Crippen LogP contribution is 2.19. The van der Waals surface area contributed by atoms with E-state index in [4.69, 9.17) is 10.5 Å². The molecule has 0 saturated heterocycles. The fraction of sp³-hybridized carbons (Fsp3) is 0.333. The fourth-order valence-corrected chi connectivity index (χ4v) is 2.81. The maximum Gasteiger partial charge on any atom is 0.174 e. The second kappa shape index (κ2) is 7.35. The summed E-state index contributed by atoms with van der Waals surface area (Å²) in [5.74, 6) is 1.77. The second-order valence-corrected chi connectivity index (χ2v) is 5.76. The third-order valence-electron chi connectivity index (χ3n) is 2.27. The molecule has 1 heterocycles. The Hall–Kier alpha value is -1.11. The summed E-state index contributed by atoms with van der Waals surface area (Å²) in [6, 6.07) is 8.08. The average Bonchev–Trinajstić information content (AvgIpc) is 2.90. The van der Waals surface area contributed by atoms with Crippen molar-refractivity contribution in [3.05, 3.63) is 35.3 Å². The van der Waals surface area contributed by atoms with Crippen LogP contribution in [0.5, 0.6) is 5.75 Å². The molecule has 4 nitrogen and oxygen atoms in total. The summed E-state index contributed by atoms with van der Waals surface area (Å²) < 4.78 is 6.63. The Morgan fingerprint density at radius 3 is 2.78 bits per heavy atom. The second-order valence-electron chi connectivity index (χ2n) is 3.58. The number of ether oxygens (including phenoxy) is 1. The number of hydrogen-bond acceptors (Lipinski definition) is 6. The van der Waals surface area contributed by atoms with Gasteiger partial charge in [-0.15, -0.1) is 10.2 Å². The monoisotopic (exact) mass is 281 g/mol. The first kappa shape index (κ1) is 13.3. The Morgan fingerprint density at radius 1 is 1.28 bits per heavy atom. The summed E-state index contributed by atoms with van der Waals surface area (Å²) in [7, 11) is 0. The minimum atomic E-state index is 0.667. The minimum absolute atomic E-state index is 0.667. The predicted molar refractivity (Wildman–Crippen MR) is 75.3 cm³/mol. The third-order valence-corrected chi connectivity index (χ3v) is 4.10. The Labute approximate surface area is 115 Å². The first-order chi connectivity index (χ1) is 8.88. The first-order valence-corrected chi connectivity index (χ1v) is 7.56. The summed E-state index contributed by atoms with van der Waals surface area (Å²) in [6.45, 7) is 1.35. The fourth-order valence-electron chi connectivity index (χ4n) is 1.43. The van der Waals surface area contributed by atoms with E-state index in [0.717, 1.165) is 22.3 Å². The van der Waals surface area contributed by atoms with Crippen LogP contribution in [0.2, 0.25) is 0 Å². The van der Waals surface area contributed by atoms with Crippen LogP contribution in [0.1, 0.15) is 5.56 Å². The molecule has 0 aliphatic carbocycles. The van der Waals surface area contributed by atoms with Crippen molar-refractivity contribution in [2.45, 2.75) is 10.8 Å². The molecule has 2 aromatic rings. The molecule has 18 heavy (non-hydrogen) atoms. The van der Waals surface area contributed by atoms with Crippen LogP contribution in [0.25, 0.3) is 0 Å². The van der Waals surface area contributed by atoms with E-state index in [0.29, 0.717) is 13.2 Å². The molecule has 6 heteroatoms. The zero-order valence-electron chi connectivity index (χ0n) is 9.91. The third kappa shape index (κ3) is 4.29. The highest BCUT2D eigenvalue weighted by atomic mass is 32.2. The Morgan fingerprint density at radius 2 is 2.11 bits per heavy atom. The lowest BCUT2D eigenvalue weighted by Gasteiger charge is -2.06. The SMILES string of the molecule is NCCc1ccc(OCCSc2nncs2)cc1. The molecule has 0 bridgehead atoms. The van der Waals surface area contributed by atoms with Crippen LogP contribution in [0.15, 0.2) is 34.1 Å². The molecule has 1 aromatic heterocycles. The van der Waals surface area contributed by atoms with Gasteiger partial charge in [-0.3, -0.25) is 0 Å². The highest BCUT2D eigenvalue weighted by molar-refractivity contribution is 8.01. The molecule has 0 radical (unpaired) electrons. The normalized spacial score (nSPS) is 10.5. The number of nitrogens with two attached hydrogens (primary N) is 1. The van der Waals surface area contributed by atoms with Crippen molar-refractivity contribution >= 4 is 23.1 Å². The van der Waals surface area contributed by atoms with Crippen LogP contribution < -0.4 is 10.5 Å². The maximum absolute atomic E-state index is 5.64. The predicted octanol–water partition coefficient (Wildman–Crippen LogP) is 2.21. The minimum Gasteiger partial charge on any atom is -0.493 e. The lowest BCUT2D eigenvalue weighted by Crippen LogP contribution is -2.03. The van der Waals surface area contributed by atoms with Gasteiger partial charge in [-0.25, -0.2) is 0 Å². The maximum atomic E-state index is 5.64. The standard InChI is InChI=1S/C12H15N3OS2/c13-6-5-10-1-3-11(4-2-10)16-7-8-17-12-15-14-9-18-12/h1-4,9H,5-8,13H2. The van der Waals surface area contributed by atoms with Crippen molar-refractivity contribution < 1.29 is 4.74 Å². The highest BCUT2D eigenvalue weighted by Gasteiger charge is 1.99. The van der Waals surface area contributed by atoms with Gasteiger partial charge in [0, 0.05) is 5.75 Å². The molecule has 0 spiro atoms. The molecular formula is C12H15N3OS2. The summed E-state index contributed by atoms with van der Waals surface area (Å²) in [6.07, 6.45) is 0.910. The molecule has 1 aromatic carbocycles. The zero-order valence-corrected chi connectivity index (χ0v) is 11.5. The molecule has 96 valence electrons. The number of nitrogens with zero attached hydrogens (tertiary/aromatic N) is 2. The quantitative estimate of drug-likeness (QED) is 0.623. The summed E-state index contributed by atoms with van der Waals surface area (Å²) >= 11 is 3.21. The summed E-state index contributed by atoms with van der Waals surface area (Å²) in [5, 5.41) is 7.74. The first-order valence-electron chi connectivity index (χ1n) is 5.69. The molecule has 2 N–H and O–H groups in total. The van der Waals surface area contributed by atoms with Crippen molar-refractivity contribution in [3.63, 3.8) is 0 Å². The van der Waals surface area contributed by atoms with E-state index >= 15 is 0 Å². The van der Waals surface area contributed by atoms with Gasteiger partial charge in [0.25, 0.3) is 0 Å². The van der Waals surface area contributed by atoms with Crippen LogP contribution in [0.4, 0.5) is 0 Å². The Kier molecular flexibility index (Phi) is 5.44. The van der Waals surface area contributed by atoms with Gasteiger partial charge in [0.05, 0.1) is 6.61 Å². The van der Waals surface area contributed by atoms with E-state index in [1.165, 1.54) is 5.56 Å². The molecule has 0 saturated carbocycles. The Balaban J connectivity index is 1.69. The number of thioether (sulfide) groups is 1. The van der Waals surface area contributed by atoms with Crippen LogP contribution in [0.3, 0.4) is 0 Å². The van der Waals surface area contributed by atoms with E-state index in [2.05, 4.69) is 22.3 Å². The van der Waals surface area contributed by atoms with Crippen molar-refractivity contribution in [1.82, 2.24) is 10.2 Å². The van der Waals surface area contributed by atoms with E-state index in [1.54, 1.807) is 28.6 Å². The van der Waals surface area contributed by atoms with Crippen molar-refractivity contribution in [2.75, 3.05) is 18.9 Å². The lowest BCUT2D eigenvalue weighted by atomic mass is 10.1. The van der Waals surface area contributed by atoms with Crippen molar-refractivity contribution in [1.29, 1.82) is 0 Å². The molecule has 2 rings (SSSR count). The topological polar surface area (TPSA) is 61.0 Å². The van der Waals surface area contributed by atoms with Crippen molar-refractivity contribution in [3.8, 4) is 5.75 Å². The lowest BCUT2D eigenvalue weighted by molar-refractivity contribution is 0.344.